The average molecular weight is 512 g/mol. The number of piperidine rings is 1. The van der Waals surface area contributed by atoms with Crippen molar-refractivity contribution in [2.45, 2.75) is 52.6 Å². The molecule has 1 saturated heterocycles. The minimum atomic E-state index is -1.30. The van der Waals surface area contributed by atoms with Gasteiger partial charge in [0.05, 0.1) is 22.5 Å². The Balaban J connectivity index is 0.000000469. The van der Waals surface area contributed by atoms with E-state index in [9.17, 15) is 23.9 Å². The number of halogens is 1. The Hall–Kier alpha value is -3.50. The van der Waals surface area contributed by atoms with Crippen LogP contribution in [0.2, 0.25) is 0 Å². The molecule has 3 aliphatic heterocycles. The molecule has 1 fully saturated rings. The molecular formula is C27H34FN5O4. The number of likely N-dealkylation sites (N-methyl/N-ethyl adjacent to an activating group) is 1. The van der Waals surface area contributed by atoms with E-state index in [1.54, 1.807) is 11.0 Å². The molecule has 5 rings (SSSR count). The molecule has 0 radical (unpaired) electrons. The van der Waals surface area contributed by atoms with E-state index in [1.807, 2.05) is 13.8 Å². The molecule has 3 amide bonds. The summed E-state index contributed by atoms with van der Waals surface area (Å²) < 4.78 is 14.6. The van der Waals surface area contributed by atoms with Gasteiger partial charge in [0.25, 0.3) is 17.7 Å². The number of fused-ring (bicyclic) bond motifs is 2. The molecule has 9 nitrogen and oxygen atoms in total. The molecule has 1 unspecified atom stereocenters. The van der Waals surface area contributed by atoms with Crippen LogP contribution in [-0.2, 0) is 16.0 Å². The minimum Gasteiger partial charge on any atom is -0.384 e. The summed E-state index contributed by atoms with van der Waals surface area (Å²) in [5.41, 5.74) is 3.65. The van der Waals surface area contributed by atoms with Crippen molar-refractivity contribution in [2.24, 2.45) is 0 Å². The van der Waals surface area contributed by atoms with Gasteiger partial charge in [0.15, 0.2) is 0 Å². The van der Waals surface area contributed by atoms with E-state index in [2.05, 4.69) is 20.9 Å². The predicted molar refractivity (Wildman–Crippen MR) is 141 cm³/mol. The molecule has 37 heavy (non-hydrogen) atoms. The number of anilines is 2. The summed E-state index contributed by atoms with van der Waals surface area (Å²) >= 11 is 0. The highest BCUT2D eigenvalue weighted by atomic mass is 19.1. The van der Waals surface area contributed by atoms with Crippen molar-refractivity contribution in [1.29, 1.82) is 0 Å². The van der Waals surface area contributed by atoms with Gasteiger partial charge < -0.3 is 30.9 Å². The smallest absolute Gasteiger partial charge is 0.256 e. The minimum absolute atomic E-state index is 0.0389. The summed E-state index contributed by atoms with van der Waals surface area (Å²) in [6, 6.07) is 2.48. The number of aromatic nitrogens is 1. The van der Waals surface area contributed by atoms with Gasteiger partial charge in [0, 0.05) is 36.5 Å². The molecule has 4 heterocycles. The van der Waals surface area contributed by atoms with E-state index in [0.717, 1.165) is 11.3 Å². The first-order valence-electron chi connectivity index (χ1n) is 12.8. The highest BCUT2D eigenvalue weighted by Crippen LogP contribution is 2.37. The molecule has 0 saturated carbocycles. The van der Waals surface area contributed by atoms with Crippen LogP contribution in [0.4, 0.5) is 15.8 Å². The fourth-order valence-corrected chi connectivity index (χ4v) is 4.74. The highest BCUT2D eigenvalue weighted by molar-refractivity contribution is 6.35. The molecule has 198 valence electrons. The van der Waals surface area contributed by atoms with Gasteiger partial charge in [-0.15, -0.1) is 0 Å². The standard InChI is InChI=1S/C22H23FN4O4.C5H11N/c1-4-27-6-5-15-19(22(27)31)10(2)16(24-15)8-13-12-7-14(23)18(26-20(29)11(3)28)9-17(12)25-21(13)30;1-2-4-6-5-3-1/h7-9,11,24,28H,4-6H2,1-3H3,(H,25,30)(H,26,29);6H,1-5H2/b13-8-;. The largest absolute Gasteiger partial charge is 0.384 e. The van der Waals surface area contributed by atoms with E-state index < -0.39 is 23.7 Å². The lowest BCUT2D eigenvalue weighted by Crippen LogP contribution is -2.37. The van der Waals surface area contributed by atoms with Gasteiger partial charge in [-0.05, 0) is 70.5 Å². The van der Waals surface area contributed by atoms with Crippen molar-refractivity contribution in [3.8, 4) is 0 Å². The molecule has 5 N–H and O–H groups in total. The van der Waals surface area contributed by atoms with Crippen molar-refractivity contribution in [2.75, 3.05) is 36.8 Å². The maximum atomic E-state index is 14.6. The Morgan fingerprint density at radius 2 is 1.97 bits per heavy atom. The number of benzene rings is 1. The maximum Gasteiger partial charge on any atom is 0.256 e. The summed E-state index contributed by atoms with van der Waals surface area (Å²) in [4.78, 5) is 42.0. The molecule has 1 atom stereocenters. The molecule has 3 aliphatic rings. The van der Waals surface area contributed by atoms with E-state index >= 15 is 0 Å². The zero-order valence-electron chi connectivity index (χ0n) is 21.5. The van der Waals surface area contributed by atoms with E-state index in [0.29, 0.717) is 42.0 Å². The first-order valence-corrected chi connectivity index (χ1v) is 12.8. The van der Waals surface area contributed by atoms with Gasteiger partial charge in [-0.3, -0.25) is 14.4 Å². The summed E-state index contributed by atoms with van der Waals surface area (Å²) in [7, 11) is 0. The van der Waals surface area contributed by atoms with Crippen LogP contribution in [0.1, 0.15) is 66.0 Å². The zero-order chi connectivity index (χ0) is 26.7. The number of nitrogens with zero attached hydrogens (tertiary/aromatic N) is 1. The number of aromatic amines is 1. The Morgan fingerprint density at radius 1 is 1.24 bits per heavy atom. The van der Waals surface area contributed by atoms with Crippen molar-refractivity contribution in [1.82, 2.24) is 15.2 Å². The number of aliphatic hydroxyl groups excluding tert-OH is 1. The van der Waals surface area contributed by atoms with Gasteiger partial charge in [0.2, 0.25) is 0 Å². The van der Waals surface area contributed by atoms with E-state index in [4.69, 9.17) is 0 Å². The Labute approximate surface area is 215 Å². The second-order valence-electron chi connectivity index (χ2n) is 9.52. The quantitative estimate of drug-likeness (QED) is 0.404. The molecular weight excluding hydrogens is 477 g/mol. The first-order chi connectivity index (χ1) is 17.7. The van der Waals surface area contributed by atoms with Crippen LogP contribution in [0.5, 0.6) is 0 Å². The van der Waals surface area contributed by atoms with Crippen LogP contribution in [0.15, 0.2) is 12.1 Å². The second-order valence-corrected chi connectivity index (χ2v) is 9.52. The van der Waals surface area contributed by atoms with Crippen molar-refractivity contribution >= 4 is 40.7 Å². The Kier molecular flexibility index (Phi) is 8.09. The summed E-state index contributed by atoms with van der Waals surface area (Å²) in [6.45, 7) is 8.78. The van der Waals surface area contributed by atoms with Gasteiger partial charge in [-0.1, -0.05) is 6.42 Å². The van der Waals surface area contributed by atoms with E-state index in [-0.39, 0.29) is 17.2 Å². The van der Waals surface area contributed by atoms with Gasteiger partial charge in [-0.2, -0.15) is 0 Å². The molecule has 0 bridgehead atoms. The fourth-order valence-electron chi connectivity index (χ4n) is 4.74. The second kappa shape index (κ2) is 11.3. The maximum absolute atomic E-state index is 14.6. The highest BCUT2D eigenvalue weighted by Gasteiger charge is 2.30. The lowest BCUT2D eigenvalue weighted by molar-refractivity contribution is -0.123. The summed E-state index contributed by atoms with van der Waals surface area (Å²) in [6.07, 6.45) is 5.23. The topological polar surface area (TPSA) is 127 Å². The van der Waals surface area contributed by atoms with Crippen LogP contribution in [0.25, 0.3) is 11.6 Å². The van der Waals surface area contributed by atoms with Crippen molar-refractivity contribution in [3.63, 3.8) is 0 Å². The van der Waals surface area contributed by atoms with Crippen molar-refractivity contribution < 1.29 is 23.9 Å². The average Bonchev–Trinajstić information content (AvgIpc) is 3.37. The molecule has 2 aromatic rings. The first kappa shape index (κ1) is 26.6. The third-order valence-corrected chi connectivity index (χ3v) is 6.90. The van der Waals surface area contributed by atoms with Crippen LogP contribution < -0.4 is 16.0 Å². The number of rotatable bonds is 4. The number of carbonyl (C=O) groups excluding carboxylic acids is 3. The van der Waals surface area contributed by atoms with Gasteiger partial charge in [-0.25, -0.2) is 4.39 Å². The number of hydrogen-bond acceptors (Lipinski definition) is 5. The predicted octanol–water partition coefficient (Wildman–Crippen LogP) is 3.05. The van der Waals surface area contributed by atoms with Crippen LogP contribution in [-0.4, -0.2) is 65.0 Å². The van der Waals surface area contributed by atoms with Gasteiger partial charge in [0.1, 0.15) is 11.9 Å². The Morgan fingerprint density at radius 3 is 2.57 bits per heavy atom. The number of amides is 3. The number of carbonyl (C=O) groups is 3. The monoisotopic (exact) mass is 511 g/mol. The number of nitrogens with one attached hydrogen (secondary N) is 4. The normalized spacial score (nSPS) is 18.5. The van der Waals surface area contributed by atoms with Crippen LogP contribution in [0, 0.1) is 12.7 Å². The summed E-state index contributed by atoms with van der Waals surface area (Å²) in [5.74, 6) is -1.94. The molecule has 0 spiro atoms. The number of aliphatic hydroxyl groups is 1. The third kappa shape index (κ3) is 5.60. The van der Waals surface area contributed by atoms with Crippen LogP contribution in [0.3, 0.4) is 0 Å². The lowest BCUT2D eigenvalue weighted by atomic mass is 10.0. The SMILES string of the molecule is C1CCNCC1.CCN1CCc2[nH]c(/C=C3\C(=O)Nc4cc(NC(=O)C(C)O)c(F)cc43)c(C)c2C1=O. The van der Waals surface area contributed by atoms with Gasteiger partial charge >= 0.3 is 0 Å². The fraction of sp³-hybridized carbons (Fsp3) is 0.444. The summed E-state index contributed by atoms with van der Waals surface area (Å²) in [5, 5.41) is 17.6. The molecule has 0 aliphatic carbocycles. The zero-order valence-corrected chi connectivity index (χ0v) is 21.5. The molecule has 10 heteroatoms. The van der Waals surface area contributed by atoms with E-state index in [1.165, 1.54) is 51.4 Å². The lowest BCUT2D eigenvalue weighted by Gasteiger charge is -2.25. The van der Waals surface area contributed by atoms with Crippen molar-refractivity contribution in [3.05, 3.63) is 46.0 Å². The third-order valence-electron chi connectivity index (χ3n) is 6.90. The number of H-pyrrole nitrogens is 1. The molecule has 1 aromatic heterocycles. The number of hydrogen-bond donors (Lipinski definition) is 5. The van der Waals surface area contributed by atoms with Crippen LogP contribution >= 0.6 is 0 Å². The molecule has 1 aromatic carbocycles. The Bertz CT molecular complexity index is 1230.